The van der Waals surface area contributed by atoms with Crippen LogP contribution in [0.4, 0.5) is 17.1 Å². The van der Waals surface area contributed by atoms with Crippen molar-refractivity contribution in [3.63, 3.8) is 0 Å². The van der Waals surface area contributed by atoms with Crippen molar-refractivity contribution in [1.29, 1.82) is 0 Å². The molecular weight excluding hydrogens is 398 g/mol. The topological polar surface area (TPSA) is 119 Å². The first kappa shape index (κ1) is 22.0. The predicted molar refractivity (Wildman–Crippen MR) is 120 cm³/mol. The van der Waals surface area contributed by atoms with Gasteiger partial charge in [0.05, 0.1) is 23.9 Å². The van der Waals surface area contributed by atoms with Gasteiger partial charge in [-0.15, -0.1) is 0 Å². The zero-order valence-corrected chi connectivity index (χ0v) is 17.4. The predicted octanol–water partition coefficient (Wildman–Crippen LogP) is 2.36. The Morgan fingerprint density at radius 2 is 1.71 bits per heavy atom. The Morgan fingerprint density at radius 1 is 1.03 bits per heavy atom. The molecule has 0 fully saturated rings. The van der Waals surface area contributed by atoms with E-state index in [9.17, 15) is 19.5 Å². The van der Waals surface area contributed by atoms with Gasteiger partial charge in [-0.25, -0.2) is 0 Å². The minimum absolute atomic E-state index is 0.0184. The average Bonchev–Trinajstić information content (AvgIpc) is 2.79. The maximum absolute atomic E-state index is 12.5. The van der Waals surface area contributed by atoms with Crippen molar-refractivity contribution >= 4 is 23.0 Å². The van der Waals surface area contributed by atoms with E-state index in [1.54, 1.807) is 6.07 Å². The molecule has 1 atom stereocenters. The van der Waals surface area contributed by atoms with E-state index in [4.69, 9.17) is 5.11 Å². The highest BCUT2D eigenvalue weighted by Crippen LogP contribution is 2.33. The highest BCUT2D eigenvalue weighted by atomic mass is 16.3. The molecule has 3 rings (SSSR count). The summed E-state index contributed by atoms with van der Waals surface area (Å²) in [7, 11) is 1.51. The van der Waals surface area contributed by atoms with Crippen molar-refractivity contribution in [2.24, 2.45) is 0 Å². The van der Waals surface area contributed by atoms with Crippen molar-refractivity contribution in [2.75, 3.05) is 30.8 Å². The molecule has 0 bridgehead atoms. The smallest absolute Gasteiger partial charge is 0.257 e. The molecule has 1 amide bonds. The van der Waals surface area contributed by atoms with Crippen molar-refractivity contribution in [2.45, 2.75) is 19.4 Å². The van der Waals surface area contributed by atoms with Gasteiger partial charge in [0, 0.05) is 13.6 Å². The Hall–Kier alpha value is -3.65. The molecule has 8 nitrogen and oxygen atoms in total. The lowest BCUT2D eigenvalue weighted by molar-refractivity contribution is 0.0764. The Bertz CT molecular complexity index is 1140. The Morgan fingerprint density at radius 3 is 2.35 bits per heavy atom. The van der Waals surface area contributed by atoms with Crippen LogP contribution in [0.5, 0.6) is 5.75 Å². The van der Waals surface area contributed by atoms with E-state index in [0.717, 1.165) is 5.56 Å². The van der Waals surface area contributed by atoms with Gasteiger partial charge >= 0.3 is 0 Å². The molecule has 4 N–H and O–H groups in total. The van der Waals surface area contributed by atoms with Crippen molar-refractivity contribution in [3.05, 3.63) is 80.1 Å². The van der Waals surface area contributed by atoms with Gasteiger partial charge in [0.2, 0.25) is 0 Å². The van der Waals surface area contributed by atoms with Gasteiger partial charge in [-0.05, 0) is 24.1 Å². The lowest BCUT2D eigenvalue weighted by Crippen LogP contribution is -2.37. The second kappa shape index (κ2) is 9.44. The molecule has 0 aliphatic rings. The number of aliphatic hydroxyl groups is 1. The third-order valence-electron chi connectivity index (χ3n) is 5.15. The Balaban J connectivity index is 1.87. The number of hydrogen-bond donors (Lipinski definition) is 4. The van der Waals surface area contributed by atoms with E-state index < -0.39 is 16.8 Å². The molecule has 162 valence electrons. The van der Waals surface area contributed by atoms with Gasteiger partial charge in [-0.1, -0.05) is 43.3 Å². The first-order valence-electron chi connectivity index (χ1n) is 9.99. The van der Waals surface area contributed by atoms with E-state index in [1.165, 1.54) is 24.1 Å². The number of aliphatic hydroxyl groups excluding tert-OH is 1. The molecule has 0 saturated carbocycles. The fourth-order valence-electron chi connectivity index (χ4n) is 3.34. The van der Waals surface area contributed by atoms with E-state index in [2.05, 4.69) is 10.6 Å². The van der Waals surface area contributed by atoms with Gasteiger partial charge in [0.25, 0.3) is 16.8 Å². The number of likely N-dealkylation sites (N-methyl/N-ethyl adjacent to an activating group) is 1. The number of amides is 1. The summed E-state index contributed by atoms with van der Waals surface area (Å²) < 4.78 is 0. The van der Waals surface area contributed by atoms with Gasteiger partial charge < -0.3 is 25.7 Å². The molecule has 0 radical (unpaired) electrons. The number of phenolic OH excluding ortho intramolecular Hbond substituents is 1. The standard InChI is InChI=1S/C23H25N3O5/c1-3-16(14-8-5-4-6-9-14)24-18-19(22(30)21(18)29)25-17-11-7-10-15(20(17)28)23(31)26(2)12-13-27/h4-11,16,24-25,27-28H,3,12-13H2,1-2H3. The van der Waals surface area contributed by atoms with Crippen molar-refractivity contribution < 1.29 is 15.0 Å². The summed E-state index contributed by atoms with van der Waals surface area (Å²) in [6.07, 6.45) is 0.689. The van der Waals surface area contributed by atoms with Gasteiger partial charge in [0.1, 0.15) is 11.4 Å². The number of carbonyl (C=O) groups excluding carboxylic acids is 1. The van der Waals surface area contributed by atoms with Crippen LogP contribution in [0.2, 0.25) is 0 Å². The summed E-state index contributed by atoms with van der Waals surface area (Å²) in [6.45, 7) is 1.87. The second-order valence-corrected chi connectivity index (χ2v) is 7.20. The molecule has 31 heavy (non-hydrogen) atoms. The highest BCUT2D eigenvalue weighted by molar-refractivity contribution is 5.99. The molecule has 0 aliphatic carbocycles. The molecule has 3 aromatic rings. The first-order valence-corrected chi connectivity index (χ1v) is 9.99. The van der Waals surface area contributed by atoms with Gasteiger partial charge in [-0.3, -0.25) is 14.4 Å². The zero-order chi connectivity index (χ0) is 22.5. The van der Waals surface area contributed by atoms with Crippen LogP contribution in [0, 0.1) is 0 Å². The van der Waals surface area contributed by atoms with E-state index in [0.29, 0.717) is 6.42 Å². The third kappa shape index (κ3) is 4.44. The normalized spacial score (nSPS) is 11.8. The largest absolute Gasteiger partial charge is 0.505 e. The summed E-state index contributed by atoms with van der Waals surface area (Å²) in [5, 5.41) is 25.5. The number of nitrogens with one attached hydrogen (secondary N) is 2. The summed E-state index contributed by atoms with van der Waals surface area (Å²) >= 11 is 0. The van der Waals surface area contributed by atoms with Crippen molar-refractivity contribution in [3.8, 4) is 5.75 Å². The van der Waals surface area contributed by atoms with Crippen LogP contribution in [0.3, 0.4) is 0 Å². The number of aromatic hydroxyl groups is 1. The Kier molecular flexibility index (Phi) is 6.71. The number of hydrogen-bond acceptors (Lipinski definition) is 7. The van der Waals surface area contributed by atoms with Gasteiger partial charge in [-0.2, -0.15) is 0 Å². The molecule has 3 aromatic carbocycles. The summed E-state index contributed by atoms with van der Waals surface area (Å²) in [5.41, 5.74) is -0.00940. The molecule has 0 spiro atoms. The maximum atomic E-state index is 12.5. The molecule has 0 aromatic heterocycles. The lowest BCUT2D eigenvalue weighted by atomic mass is 10.0. The molecule has 1 unspecified atom stereocenters. The average molecular weight is 423 g/mol. The fraction of sp³-hybridized carbons (Fsp3) is 0.261. The van der Waals surface area contributed by atoms with Crippen LogP contribution in [0.1, 0.15) is 35.3 Å². The van der Waals surface area contributed by atoms with Crippen LogP contribution in [-0.4, -0.2) is 41.2 Å². The van der Waals surface area contributed by atoms with Crippen molar-refractivity contribution in [1.82, 2.24) is 4.90 Å². The number of rotatable bonds is 9. The minimum atomic E-state index is -0.695. The first-order chi connectivity index (χ1) is 14.9. The van der Waals surface area contributed by atoms with Gasteiger partial charge in [0.15, 0.2) is 5.75 Å². The number of benzene rings is 2. The number of anilines is 3. The number of phenols is 1. The summed E-state index contributed by atoms with van der Waals surface area (Å²) in [6, 6.07) is 13.9. The second-order valence-electron chi connectivity index (χ2n) is 7.20. The molecule has 0 heterocycles. The summed E-state index contributed by atoms with van der Waals surface area (Å²) in [5.74, 6) is -0.819. The van der Waals surface area contributed by atoms with Crippen LogP contribution in [0.15, 0.2) is 58.1 Å². The van der Waals surface area contributed by atoms with Crippen LogP contribution in [-0.2, 0) is 0 Å². The number of nitrogens with zero attached hydrogens (tertiary/aromatic N) is 1. The molecule has 0 aliphatic heterocycles. The molecule has 0 saturated heterocycles. The molecular formula is C23H25N3O5. The number of para-hydroxylation sites is 1. The fourth-order valence-corrected chi connectivity index (χ4v) is 3.34. The minimum Gasteiger partial charge on any atom is -0.505 e. The molecule has 8 heteroatoms. The van der Waals surface area contributed by atoms with E-state index in [1.807, 2.05) is 37.3 Å². The third-order valence-corrected chi connectivity index (χ3v) is 5.15. The monoisotopic (exact) mass is 423 g/mol. The number of carbonyl (C=O) groups is 1. The van der Waals surface area contributed by atoms with E-state index in [-0.39, 0.29) is 47.6 Å². The van der Waals surface area contributed by atoms with E-state index >= 15 is 0 Å². The zero-order valence-electron chi connectivity index (χ0n) is 17.4. The summed E-state index contributed by atoms with van der Waals surface area (Å²) in [4.78, 5) is 38.2. The quantitative estimate of drug-likeness (QED) is 0.308. The van der Waals surface area contributed by atoms with Crippen LogP contribution < -0.4 is 21.5 Å². The SMILES string of the molecule is CCC(Nc1c(Nc2cccc(C(=O)N(C)CCO)c2O)c(=O)c1=O)c1ccccc1. The Labute approximate surface area is 179 Å². The lowest BCUT2D eigenvalue weighted by Gasteiger charge is -2.22. The maximum Gasteiger partial charge on any atom is 0.257 e. The van der Waals surface area contributed by atoms with Crippen LogP contribution in [0.25, 0.3) is 0 Å². The van der Waals surface area contributed by atoms with Crippen LogP contribution >= 0.6 is 0 Å². The highest BCUT2D eigenvalue weighted by Gasteiger charge is 2.25.